The van der Waals surface area contributed by atoms with Crippen LogP contribution in [0, 0.1) is 0 Å². The van der Waals surface area contributed by atoms with Gasteiger partial charge < -0.3 is 9.66 Å². The molecule has 4 nitrogen and oxygen atoms in total. The van der Waals surface area contributed by atoms with Crippen molar-refractivity contribution < 1.29 is 47.6 Å². The van der Waals surface area contributed by atoms with E-state index in [1.807, 2.05) is 0 Å². The molecular formula is C22H45NaO4S. The first-order valence-corrected chi connectivity index (χ1v) is 13.0. The van der Waals surface area contributed by atoms with Crippen molar-refractivity contribution in [3.63, 3.8) is 0 Å². The van der Waals surface area contributed by atoms with Gasteiger partial charge in [-0.15, -0.1) is 0 Å². The second-order valence-corrected chi connectivity index (χ2v) is 9.72. The van der Waals surface area contributed by atoms with E-state index in [2.05, 4.69) is 6.92 Å². The van der Waals surface area contributed by atoms with Crippen LogP contribution in [0.15, 0.2) is 0 Å². The molecule has 0 aromatic heterocycles. The molecule has 0 spiro atoms. The van der Waals surface area contributed by atoms with Crippen molar-refractivity contribution in [1.82, 2.24) is 0 Å². The molecule has 0 amide bonds. The molecule has 0 aliphatic carbocycles. The van der Waals surface area contributed by atoms with Crippen LogP contribution < -0.4 is 29.6 Å². The van der Waals surface area contributed by atoms with Gasteiger partial charge in [0.25, 0.3) is 0 Å². The third kappa shape index (κ3) is 21.6. The van der Waals surface area contributed by atoms with Crippen molar-refractivity contribution in [2.24, 2.45) is 0 Å². The Morgan fingerprint density at radius 1 is 0.643 bits per heavy atom. The van der Waals surface area contributed by atoms with Crippen molar-refractivity contribution >= 4 is 10.1 Å². The van der Waals surface area contributed by atoms with E-state index >= 15 is 0 Å². The van der Waals surface area contributed by atoms with E-state index in [0.29, 0.717) is 19.4 Å². The summed E-state index contributed by atoms with van der Waals surface area (Å²) in [6.07, 6.45) is 20.7. The summed E-state index contributed by atoms with van der Waals surface area (Å²) in [4.78, 5) is 0. The maximum atomic E-state index is 11.4. The summed E-state index contributed by atoms with van der Waals surface area (Å²) >= 11 is 0. The van der Waals surface area contributed by atoms with Gasteiger partial charge in [-0.2, -0.15) is 0 Å². The van der Waals surface area contributed by atoms with E-state index in [9.17, 15) is 13.0 Å². The maximum absolute atomic E-state index is 11.4. The summed E-state index contributed by atoms with van der Waals surface area (Å²) in [6, 6.07) is 0. The standard InChI is InChI=1S/C22H46O4S.Na/c1-2-3-4-16-19-22(27(24,25)26)20-17-14-12-10-8-6-5-7-9-11-13-15-18-21-23;/h22-23H,2-21H2,1H3,(H,24,25,26);/q;+1/p-1. The van der Waals surface area contributed by atoms with Gasteiger partial charge in [-0.1, -0.05) is 110 Å². The van der Waals surface area contributed by atoms with Gasteiger partial charge in [0.2, 0.25) is 0 Å². The van der Waals surface area contributed by atoms with Crippen LogP contribution in [0.3, 0.4) is 0 Å². The summed E-state index contributed by atoms with van der Waals surface area (Å²) in [5.41, 5.74) is 0. The van der Waals surface area contributed by atoms with E-state index in [4.69, 9.17) is 5.11 Å². The minimum atomic E-state index is -4.13. The molecule has 0 radical (unpaired) electrons. The molecule has 164 valence electrons. The van der Waals surface area contributed by atoms with Crippen molar-refractivity contribution in [3.8, 4) is 0 Å². The first-order chi connectivity index (χ1) is 13.0. The van der Waals surface area contributed by atoms with E-state index < -0.39 is 15.4 Å². The molecule has 1 atom stereocenters. The summed E-state index contributed by atoms with van der Waals surface area (Å²) < 4.78 is 34.2. The molecule has 0 aromatic carbocycles. The predicted octanol–water partition coefficient (Wildman–Crippen LogP) is 3.33. The van der Waals surface area contributed by atoms with Crippen molar-refractivity contribution in [2.45, 2.75) is 134 Å². The molecule has 0 saturated carbocycles. The quantitative estimate of drug-likeness (QED) is 0.173. The summed E-state index contributed by atoms with van der Waals surface area (Å²) in [5, 5.41) is 8.06. The van der Waals surface area contributed by atoms with Gasteiger partial charge >= 0.3 is 29.6 Å². The first kappa shape index (κ1) is 31.1. The molecule has 1 unspecified atom stereocenters. The van der Waals surface area contributed by atoms with Crippen LogP contribution in [-0.4, -0.2) is 29.9 Å². The van der Waals surface area contributed by atoms with Crippen LogP contribution in [0.25, 0.3) is 0 Å². The zero-order valence-electron chi connectivity index (χ0n) is 18.8. The number of aliphatic hydroxyl groups is 1. The Morgan fingerprint density at radius 2 is 0.964 bits per heavy atom. The summed E-state index contributed by atoms with van der Waals surface area (Å²) in [5.74, 6) is 0. The second kappa shape index (κ2) is 22.6. The number of hydrogen-bond acceptors (Lipinski definition) is 4. The fourth-order valence-electron chi connectivity index (χ4n) is 3.66. The van der Waals surface area contributed by atoms with Crippen molar-refractivity contribution in [2.75, 3.05) is 6.61 Å². The maximum Gasteiger partial charge on any atom is 1.00 e. The fourth-order valence-corrected chi connectivity index (χ4v) is 4.57. The smallest absolute Gasteiger partial charge is 0.748 e. The largest absolute Gasteiger partial charge is 1.00 e. The summed E-state index contributed by atoms with van der Waals surface area (Å²) in [6.45, 7) is 2.45. The molecular weight excluding hydrogens is 383 g/mol. The Balaban J connectivity index is 0. The zero-order valence-corrected chi connectivity index (χ0v) is 21.6. The molecule has 0 aliphatic rings. The predicted molar refractivity (Wildman–Crippen MR) is 114 cm³/mol. The van der Waals surface area contributed by atoms with Crippen molar-refractivity contribution in [3.05, 3.63) is 0 Å². The van der Waals surface area contributed by atoms with Gasteiger partial charge in [0.05, 0.1) is 10.1 Å². The molecule has 0 aromatic rings. The number of unbranched alkanes of at least 4 members (excludes halogenated alkanes) is 15. The van der Waals surface area contributed by atoms with Crippen LogP contribution in [0.2, 0.25) is 0 Å². The van der Waals surface area contributed by atoms with E-state index in [1.54, 1.807) is 0 Å². The molecule has 1 N–H and O–H groups in total. The van der Waals surface area contributed by atoms with Crippen LogP contribution in [0.5, 0.6) is 0 Å². The molecule has 0 aliphatic heterocycles. The van der Waals surface area contributed by atoms with E-state index in [0.717, 1.165) is 57.8 Å². The Hall–Kier alpha value is 0.870. The van der Waals surface area contributed by atoms with Gasteiger partial charge in [0.15, 0.2) is 0 Å². The van der Waals surface area contributed by atoms with Crippen LogP contribution in [0.1, 0.15) is 129 Å². The monoisotopic (exact) mass is 428 g/mol. The number of rotatable bonds is 21. The van der Waals surface area contributed by atoms with Gasteiger partial charge in [-0.3, -0.25) is 0 Å². The third-order valence-electron chi connectivity index (χ3n) is 5.47. The van der Waals surface area contributed by atoms with E-state index in [-0.39, 0.29) is 29.6 Å². The minimum absolute atomic E-state index is 0. The van der Waals surface area contributed by atoms with Gasteiger partial charge in [0, 0.05) is 11.9 Å². The van der Waals surface area contributed by atoms with Gasteiger partial charge in [-0.25, -0.2) is 8.42 Å². The Kier molecular flexibility index (Phi) is 25.0. The Labute approximate surface area is 197 Å². The third-order valence-corrected chi connectivity index (χ3v) is 6.76. The van der Waals surface area contributed by atoms with Gasteiger partial charge in [-0.05, 0) is 19.3 Å². The zero-order chi connectivity index (χ0) is 20.2. The molecule has 0 saturated heterocycles. The fraction of sp³-hybridized carbons (Fsp3) is 1.00. The average molecular weight is 429 g/mol. The summed E-state index contributed by atoms with van der Waals surface area (Å²) in [7, 11) is -4.13. The number of hydrogen-bond donors (Lipinski definition) is 1. The normalized spacial score (nSPS) is 12.7. The molecule has 0 heterocycles. The molecule has 6 heteroatoms. The number of aliphatic hydroxyl groups excluding tert-OH is 1. The Bertz CT molecular complexity index is 401. The Morgan fingerprint density at radius 3 is 1.29 bits per heavy atom. The van der Waals surface area contributed by atoms with E-state index in [1.165, 1.54) is 51.4 Å². The average Bonchev–Trinajstić information content (AvgIpc) is 2.62. The molecule has 0 bridgehead atoms. The molecule has 0 fully saturated rings. The second-order valence-electron chi connectivity index (χ2n) is 8.07. The van der Waals surface area contributed by atoms with Crippen molar-refractivity contribution in [1.29, 1.82) is 0 Å². The topological polar surface area (TPSA) is 77.4 Å². The molecule has 28 heavy (non-hydrogen) atoms. The van der Waals surface area contributed by atoms with Gasteiger partial charge in [0.1, 0.15) is 0 Å². The minimum Gasteiger partial charge on any atom is -0.748 e. The first-order valence-electron chi connectivity index (χ1n) is 11.6. The van der Waals surface area contributed by atoms with Crippen LogP contribution >= 0.6 is 0 Å². The van der Waals surface area contributed by atoms with Crippen LogP contribution in [-0.2, 0) is 10.1 Å². The molecule has 0 rings (SSSR count). The van der Waals surface area contributed by atoms with Crippen LogP contribution in [0.4, 0.5) is 0 Å². The SMILES string of the molecule is CCCCCCC(CCCCCCCCCCCCCCCO)S(=O)(=O)[O-].[Na+].